The minimum atomic E-state index is -3.00. The summed E-state index contributed by atoms with van der Waals surface area (Å²) in [6.07, 6.45) is 0. The van der Waals surface area contributed by atoms with Crippen molar-refractivity contribution in [2.24, 2.45) is 0 Å². The van der Waals surface area contributed by atoms with E-state index in [2.05, 4.69) is 19.9 Å². The van der Waals surface area contributed by atoms with Crippen LogP contribution in [0.5, 0.6) is 5.75 Å². The highest BCUT2D eigenvalue weighted by molar-refractivity contribution is 7.99. The van der Waals surface area contributed by atoms with Crippen LogP contribution in [0.15, 0.2) is 27.8 Å². The third-order valence-corrected chi connectivity index (χ3v) is 5.36. The van der Waals surface area contributed by atoms with Gasteiger partial charge in [-0.05, 0) is 32.9 Å². The van der Waals surface area contributed by atoms with Gasteiger partial charge in [0.2, 0.25) is 0 Å². The molecule has 27 heavy (non-hydrogen) atoms. The lowest BCUT2D eigenvalue weighted by Gasteiger charge is -2.10. The number of aryl methyl sites for hydroxylation is 3. The molecule has 0 aliphatic carbocycles. The van der Waals surface area contributed by atoms with Gasteiger partial charge in [0.25, 0.3) is 11.1 Å². The number of rotatable bonds is 7. The highest BCUT2D eigenvalue weighted by Crippen LogP contribution is 2.31. The Kier molecular flexibility index (Phi) is 5.85. The Balaban J connectivity index is 1.71. The number of halogens is 2. The quantitative estimate of drug-likeness (QED) is 0.412. The Morgan fingerprint density at radius 3 is 2.74 bits per heavy atom. The monoisotopic (exact) mass is 411 g/mol. The minimum absolute atomic E-state index is 0.0502. The normalized spacial score (nSPS) is 11.2. The summed E-state index contributed by atoms with van der Waals surface area (Å²) in [5.41, 5.74) is 1.65. The molecule has 6 nitrogen and oxygen atoms in total. The Hall–Kier alpha value is -2.33. The van der Waals surface area contributed by atoms with E-state index in [4.69, 9.17) is 4.42 Å². The van der Waals surface area contributed by atoms with Crippen LogP contribution in [0.4, 0.5) is 8.78 Å². The maximum absolute atomic E-state index is 12.5. The lowest BCUT2D eigenvalue weighted by atomic mass is 10.1. The summed E-state index contributed by atoms with van der Waals surface area (Å²) in [7, 11) is 0. The predicted molar refractivity (Wildman–Crippen MR) is 97.7 cm³/mol. The number of hydrogen-bond donors (Lipinski definition) is 0. The second kappa shape index (κ2) is 8.13. The van der Waals surface area contributed by atoms with Gasteiger partial charge in [-0.1, -0.05) is 23.4 Å². The molecule has 0 atom stereocenters. The lowest BCUT2D eigenvalue weighted by molar-refractivity contribution is -0.0501. The van der Waals surface area contributed by atoms with Crippen LogP contribution in [0.1, 0.15) is 26.6 Å². The number of ether oxygens (including phenoxy) is 1. The van der Waals surface area contributed by atoms with E-state index in [1.165, 1.54) is 23.5 Å². The summed E-state index contributed by atoms with van der Waals surface area (Å²) in [6.45, 7) is 2.49. The van der Waals surface area contributed by atoms with E-state index in [-0.39, 0.29) is 28.1 Å². The summed E-state index contributed by atoms with van der Waals surface area (Å²) in [6, 6.07) is 4.48. The van der Waals surface area contributed by atoms with Crippen LogP contribution in [-0.2, 0) is 0 Å². The molecule has 0 fully saturated rings. The van der Waals surface area contributed by atoms with Gasteiger partial charge in [-0.25, -0.2) is 4.98 Å². The number of carbonyl (C=O) groups excluding carboxylic acids is 1. The van der Waals surface area contributed by atoms with E-state index in [0.29, 0.717) is 5.89 Å². The molecule has 0 spiro atoms. The minimum Gasteiger partial charge on any atom is -0.434 e. The fourth-order valence-electron chi connectivity index (χ4n) is 2.36. The molecule has 0 radical (unpaired) electrons. The van der Waals surface area contributed by atoms with Crippen LogP contribution in [-0.4, -0.2) is 33.3 Å². The maximum Gasteiger partial charge on any atom is 0.387 e. The van der Waals surface area contributed by atoms with Crippen molar-refractivity contribution in [1.29, 1.82) is 0 Å². The molecule has 2 heterocycles. The summed E-state index contributed by atoms with van der Waals surface area (Å²) in [5.74, 6) is -0.233. The molecule has 0 N–H and O–H groups in total. The molecule has 2 aromatic heterocycles. The van der Waals surface area contributed by atoms with Gasteiger partial charge in [0.15, 0.2) is 5.78 Å². The van der Waals surface area contributed by atoms with Gasteiger partial charge in [0.1, 0.15) is 10.6 Å². The van der Waals surface area contributed by atoms with Crippen LogP contribution in [0.2, 0.25) is 0 Å². The molecule has 0 bridgehead atoms. The standard InChI is InChI=1S/C17H15F2N3O3S2/c1-8-4-5-13(24-16(18)19)11(6-8)12(23)7-26-17-22-21-15(25-17)14-9(2)20-10(3)27-14/h4-6,16H,7H2,1-3H3. The highest BCUT2D eigenvalue weighted by Gasteiger charge is 2.19. The number of ketones is 1. The molecular weight excluding hydrogens is 396 g/mol. The SMILES string of the molecule is Cc1ccc(OC(F)F)c(C(=O)CSc2nnc(-c3sc(C)nc3C)o2)c1. The zero-order chi connectivity index (χ0) is 19.6. The van der Waals surface area contributed by atoms with Gasteiger partial charge in [0.05, 0.1) is 22.0 Å². The molecule has 3 aromatic rings. The molecule has 10 heteroatoms. The van der Waals surface area contributed by atoms with Crippen LogP contribution in [0.3, 0.4) is 0 Å². The van der Waals surface area contributed by atoms with E-state index in [9.17, 15) is 13.6 Å². The second-order valence-electron chi connectivity index (χ2n) is 5.61. The number of alkyl halides is 2. The topological polar surface area (TPSA) is 78.1 Å². The molecule has 0 unspecified atom stereocenters. The van der Waals surface area contributed by atoms with Crippen LogP contribution >= 0.6 is 23.1 Å². The summed E-state index contributed by atoms with van der Waals surface area (Å²) < 4.78 is 35.1. The second-order valence-corrected chi connectivity index (χ2v) is 7.74. The van der Waals surface area contributed by atoms with E-state index in [1.54, 1.807) is 13.0 Å². The van der Waals surface area contributed by atoms with E-state index in [0.717, 1.165) is 32.9 Å². The van der Waals surface area contributed by atoms with Crippen molar-refractivity contribution in [3.8, 4) is 16.5 Å². The van der Waals surface area contributed by atoms with E-state index < -0.39 is 6.61 Å². The zero-order valence-corrected chi connectivity index (χ0v) is 16.3. The third-order valence-electron chi connectivity index (χ3n) is 3.48. The fraction of sp³-hybridized carbons (Fsp3) is 0.294. The van der Waals surface area contributed by atoms with Crippen molar-refractivity contribution in [2.75, 3.05) is 5.75 Å². The number of nitrogens with zero attached hydrogens (tertiary/aromatic N) is 3. The molecule has 0 saturated heterocycles. The van der Waals surface area contributed by atoms with Crippen molar-refractivity contribution < 1.29 is 22.7 Å². The van der Waals surface area contributed by atoms with E-state index >= 15 is 0 Å². The molecule has 142 valence electrons. The number of benzene rings is 1. The van der Waals surface area contributed by atoms with Gasteiger partial charge in [-0.3, -0.25) is 4.79 Å². The summed E-state index contributed by atoms with van der Waals surface area (Å²) in [4.78, 5) is 17.6. The molecule has 0 amide bonds. The molecule has 3 rings (SSSR count). The van der Waals surface area contributed by atoms with Gasteiger partial charge >= 0.3 is 6.61 Å². The molecule has 1 aromatic carbocycles. The van der Waals surface area contributed by atoms with Gasteiger partial charge in [-0.2, -0.15) is 8.78 Å². The summed E-state index contributed by atoms with van der Waals surface area (Å²) in [5, 5.41) is 9.00. The Morgan fingerprint density at radius 2 is 2.07 bits per heavy atom. The fourth-order valence-corrected chi connectivity index (χ4v) is 3.84. The number of Topliss-reactive ketones (excluding diaryl/α,β-unsaturated/α-hetero) is 1. The average Bonchev–Trinajstić information content (AvgIpc) is 3.19. The Morgan fingerprint density at radius 1 is 1.30 bits per heavy atom. The Bertz CT molecular complexity index is 972. The van der Waals surface area contributed by atoms with Crippen molar-refractivity contribution >= 4 is 28.9 Å². The van der Waals surface area contributed by atoms with Gasteiger partial charge < -0.3 is 9.15 Å². The first-order chi connectivity index (χ1) is 12.8. The first-order valence-electron chi connectivity index (χ1n) is 7.83. The number of thioether (sulfide) groups is 1. The largest absolute Gasteiger partial charge is 0.434 e. The predicted octanol–water partition coefficient (Wildman–Crippen LogP) is 4.69. The van der Waals surface area contributed by atoms with Gasteiger partial charge in [0, 0.05) is 0 Å². The highest BCUT2D eigenvalue weighted by atomic mass is 32.2. The van der Waals surface area contributed by atoms with E-state index in [1.807, 2.05) is 13.8 Å². The molecule has 0 aliphatic rings. The molecule has 0 aliphatic heterocycles. The van der Waals surface area contributed by atoms with Gasteiger partial charge in [-0.15, -0.1) is 21.5 Å². The summed E-state index contributed by atoms with van der Waals surface area (Å²) >= 11 is 2.48. The maximum atomic E-state index is 12.5. The van der Waals surface area contributed by atoms with Crippen LogP contribution in [0.25, 0.3) is 10.8 Å². The molecular formula is C17H15F2N3O3S2. The average molecular weight is 411 g/mol. The zero-order valence-electron chi connectivity index (χ0n) is 14.7. The van der Waals surface area contributed by atoms with Crippen LogP contribution in [0, 0.1) is 20.8 Å². The van der Waals surface area contributed by atoms with Crippen molar-refractivity contribution in [1.82, 2.24) is 15.2 Å². The third kappa shape index (κ3) is 4.69. The lowest BCUT2D eigenvalue weighted by Crippen LogP contribution is -2.10. The number of thiazole rings is 1. The van der Waals surface area contributed by atoms with Crippen LogP contribution < -0.4 is 4.74 Å². The number of carbonyl (C=O) groups is 1. The van der Waals surface area contributed by atoms with Crippen molar-refractivity contribution in [3.05, 3.63) is 40.0 Å². The van der Waals surface area contributed by atoms with Crippen molar-refractivity contribution in [3.63, 3.8) is 0 Å². The first kappa shape index (κ1) is 19.4. The smallest absolute Gasteiger partial charge is 0.387 e. The number of aromatic nitrogens is 3. The first-order valence-corrected chi connectivity index (χ1v) is 9.63. The number of hydrogen-bond acceptors (Lipinski definition) is 8. The Labute approximate surface area is 162 Å². The van der Waals surface area contributed by atoms with Crippen molar-refractivity contribution in [2.45, 2.75) is 32.6 Å². The molecule has 0 saturated carbocycles.